The molecule has 0 unspecified atom stereocenters. The summed E-state index contributed by atoms with van der Waals surface area (Å²) in [6, 6.07) is 3.28. The first kappa shape index (κ1) is 19.7. The highest BCUT2D eigenvalue weighted by Gasteiger charge is 2.64. The molecule has 1 aliphatic rings. The summed E-state index contributed by atoms with van der Waals surface area (Å²) in [5.41, 5.74) is 1.13. The van der Waals surface area contributed by atoms with E-state index in [1.807, 2.05) is 6.92 Å². The molecule has 0 heterocycles. The summed E-state index contributed by atoms with van der Waals surface area (Å²) in [5, 5.41) is 3.46. The molecular weight excluding hydrogens is 340 g/mol. The fourth-order valence-corrected chi connectivity index (χ4v) is 4.30. The molecule has 0 saturated heterocycles. The lowest BCUT2D eigenvalue weighted by Gasteiger charge is -2.43. The number of quaternary nitrogens is 1. The van der Waals surface area contributed by atoms with Crippen LogP contribution < -0.4 is 5.32 Å². The zero-order chi connectivity index (χ0) is 18.8. The number of methoxy groups -OCH3 is 1. The predicted octanol–water partition coefficient (Wildman–Crippen LogP) is 3.78. The van der Waals surface area contributed by atoms with E-state index in [4.69, 9.17) is 16.3 Å². The summed E-state index contributed by atoms with van der Waals surface area (Å²) in [7, 11) is 1.32. The minimum atomic E-state index is -0.507. The fourth-order valence-electron chi connectivity index (χ4n) is 4.02. The number of rotatable bonds is 7. The number of benzene rings is 1. The predicted molar refractivity (Wildman–Crippen MR) is 100 cm³/mol. The maximum atomic E-state index is 13.2. The van der Waals surface area contributed by atoms with Gasteiger partial charge < -0.3 is 14.5 Å². The van der Waals surface area contributed by atoms with E-state index in [2.05, 4.69) is 26.1 Å². The molecule has 1 saturated carbocycles. The zero-order valence-electron chi connectivity index (χ0n) is 15.7. The van der Waals surface area contributed by atoms with Gasteiger partial charge in [0.1, 0.15) is 0 Å². The summed E-state index contributed by atoms with van der Waals surface area (Å²) in [4.78, 5) is 25.3. The number of carbonyl (C=O) groups excluding carboxylic acids is 2. The summed E-state index contributed by atoms with van der Waals surface area (Å²) in [5.74, 6) is -0.526. The van der Waals surface area contributed by atoms with Gasteiger partial charge in [0, 0.05) is 17.9 Å². The van der Waals surface area contributed by atoms with E-state index >= 15 is 0 Å². The highest BCUT2D eigenvalue weighted by molar-refractivity contribution is 6.31. The molecule has 1 aromatic carbocycles. The average molecular weight is 368 g/mol. The molecule has 0 aliphatic heterocycles. The van der Waals surface area contributed by atoms with Crippen LogP contribution in [-0.2, 0) is 9.53 Å². The summed E-state index contributed by atoms with van der Waals surface area (Å²) >= 11 is 6.08. The topological polar surface area (TPSA) is 55.4 Å². The average Bonchev–Trinajstić information content (AvgIpc) is 3.40. The third kappa shape index (κ3) is 3.27. The Morgan fingerprint density at radius 2 is 1.76 bits per heavy atom. The summed E-state index contributed by atoms with van der Waals surface area (Å²) in [6.45, 7) is 10.9. The second-order valence-corrected chi connectivity index (χ2v) is 7.15. The Bertz CT molecular complexity index is 671. The molecule has 1 fully saturated rings. The molecule has 138 valence electrons. The highest BCUT2D eigenvalue weighted by Crippen LogP contribution is 2.48. The minimum Gasteiger partial charge on any atom is -0.465 e. The first-order valence-corrected chi connectivity index (χ1v) is 9.24. The molecular formula is C19H28ClN2O3+. The first-order chi connectivity index (χ1) is 11.8. The minimum absolute atomic E-state index is 0.0198. The third-order valence-electron chi connectivity index (χ3n) is 5.81. The normalized spacial score (nSPS) is 15.6. The highest BCUT2D eigenvalue weighted by atomic mass is 35.5. The van der Waals surface area contributed by atoms with Gasteiger partial charge in [0.25, 0.3) is 5.91 Å². The number of aryl methyl sites for hydroxylation is 1. The number of halogens is 1. The Hall–Kier alpha value is -1.59. The Morgan fingerprint density at radius 3 is 2.20 bits per heavy atom. The Balaban J connectivity index is 2.40. The van der Waals surface area contributed by atoms with Crippen LogP contribution in [0, 0.1) is 6.92 Å². The van der Waals surface area contributed by atoms with Crippen molar-refractivity contribution in [2.75, 3.05) is 32.1 Å². The van der Waals surface area contributed by atoms with Crippen LogP contribution in [0.2, 0.25) is 5.02 Å². The number of esters is 1. The molecule has 1 amide bonds. The summed E-state index contributed by atoms with van der Waals surface area (Å²) < 4.78 is 5.61. The Morgan fingerprint density at radius 1 is 1.20 bits per heavy atom. The van der Waals surface area contributed by atoms with Gasteiger partial charge in [0.15, 0.2) is 5.54 Å². The van der Waals surface area contributed by atoms with E-state index in [-0.39, 0.29) is 5.91 Å². The van der Waals surface area contributed by atoms with E-state index < -0.39 is 11.5 Å². The number of nitrogens with zero attached hydrogens (tertiary/aromatic N) is 1. The van der Waals surface area contributed by atoms with E-state index in [1.165, 1.54) is 13.2 Å². The standard InChI is InChI=1S/C19H27ClN2O3/c1-6-22(7-2,8-3)19(9-10-19)18(24)21-16-13(4)11-14(20)12-15(16)17(23)25-5/h11-12H,6-10H2,1-5H3/p+1. The van der Waals surface area contributed by atoms with Crippen LogP contribution in [0.5, 0.6) is 0 Å². The quantitative estimate of drug-likeness (QED) is 0.589. The summed E-state index contributed by atoms with van der Waals surface area (Å²) in [6.07, 6.45) is 1.74. The largest absolute Gasteiger partial charge is 0.465 e. The number of hydrogen-bond donors (Lipinski definition) is 1. The molecule has 0 bridgehead atoms. The number of amides is 1. The van der Waals surface area contributed by atoms with Crippen molar-refractivity contribution in [2.24, 2.45) is 0 Å². The molecule has 0 aromatic heterocycles. The van der Waals surface area contributed by atoms with Crippen LogP contribution >= 0.6 is 11.6 Å². The van der Waals surface area contributed by atoms with Gasteiger partial charge in [-0.15, -0.1) is 0 Å². The Labute approximate surface area is 154 Å². The lowest BCUT2D eigenvalue weighted by molar-refractivity contribution is -0.947. The molecule has 0 atom stereocenters. The number of nitrogens with one attached hydrogen (secondary N) is 1. The molecule has 6 heteroatoms. The molecule has 1 aromatic rings. The first-order valence-electron chi connectivity index (χ1n) is 8.87. The monoisotopic (exact) mass is 367 g/mol. The van der Waals surface area contributed by atoms with Crippen LogP contribution in [0.1, 0.15) is 49.5 Å². The van der Waals surface area contributed by atoms with Gasteiger partial charge in [-0.3, -0.25) is 4.79 Å². The van der Waals surface area contributed by atoms with Crippen LogP contribution in [0.15, 0.2) is 12.1 Å². The number of likely N-dealkylation sites (N-methyl/N-ethyl adjacent to an activating group) is 1. The molecule has 0 radical (unpaired) electrons. The van der Waals surface area contributed by atoms with Crippen molar-refractivity contribution < 1.29 is 18.8 Å². The van der Waals surface area contributed by atoms with Gasteiger partial charge in [-0.05, 0) is 45.4 Å². The molecule has 1 N–H and O–H groups in total. The number of hydrogen-bond acceptors (Lipinski definition) is 3. The second-order valence-electron chi connectivity index (χ2n) is 6.72. The molecule has 1 aliphatic carbocycles. The van der Waals surface area contributed by atoms with Crippen molar-refractivity contribution in [3.63, 3.8) is 0 Å². The fraction of sp³-hybridized carbons (Fsp3) is 0.579. The van der Waals surface area contributed by atoms with Crippen molar-refractivity contribution in [3.05, 3.63) is 28.3 Å². The molecule has 25 heavy (non-hydrogen) atoms. The molecule has 5 nitrogen and oxygen atoms in total. The van der Waals surface area contributed by atoms with E-state index in [1.54, 1.807) is 6.07 Å². The van der Waals surface area contributed by atoms with Gasteiger partial charge in [-0.1, -0.05) is 11.6 Å². The lowest BCUT2D eigenvalue weighted by Crippen LogP contribution is -2.61. The maximum absolute atomic E-state index is 13.2. The van der Waals surface area contributed by atoms with Crippen LogP contribution in [-0.4, -0.2) is 48.6 Å². The van der Waals surface area contributed by atoms with Gasteiger partial charge in [-0.25, -0.2) is 4.79 Å². The van der Waals surface area contributed by atoms with Gasteiger partial charge >= 0.3 is 5.97 Å². The van der Waals surface area contributed by atoms with E-state index in [0.29, 0.717) is 16.3 Å². The van der Waals surface area contributed by atoms with Crippen molar-refractivity contribution >= 4 is 29.2 Å². The van der Waals surface area contributed by atoms with Crippen LogP contribution in [0.25, 0.3) is 0 Å². The van der Waals surface area contributed by atoms with E-state index in [0.717, 1.165) is 42.5 Å². The number of ether oxygens (including phenoxy) is 1. The van der Waals surface area contributed by atoms with Crippen molar-refractivity contribution in [3.8, 4) is 0 Å². The van der Waals surface area contributed by atoms with Crippen molar-refractivity contribution in [1.29, 1.82) is 0 Å². The lowest BCUT2D eigenvalue weighted by atomic mass is 10.0. The number of carbonyl (C=O) groups is 2. The molecule has 0 spiro atoms. The van der Waals surface area contributed by atoms with Gasteiger partial charge in [-0.2, -0.15) is 0 Å². The molecule has 2 rings (SSSR count). The second kappa shape index (κ2) is 7.34. The maximum Gasteiger partial charge on any atom is 0.340 e. The Kier molecular flexibility index (Phi) is 5.79. The number of anilines is 1. The van der Waals surface area contributed by atoms with Crippen LogP contribution in [0.3, 0.4) is 0 Å². The van der Waals surface area contributed by atoms with Crippen molar-refractivity contribution in [2.45, 2.75) is 46.1 Å². The van der Waals surface area contributed by atoms with Gasteiger partial charge in [0.05, 0.1) is 38.0 Å². The zero-order valence-corrected chi connectivity index (χ0v) is 16.5. The third-order valence-corrected chi connectivity index (χ3v) is 6.03. The van der Waals surface area contributed by atoms with E-state index in [9.17, 15) is 9.59 Å². The van der Waals surface area contributed by atoms with Crippen LogP contribution in [0.4, 0.5) is 5.69 Å². The van der Waals surface area contributed by atoms with Crippen molar-refractivity contribution in [1.82, 2.24) is 0 Å². The smallest absolute Gasteiger partial charge is 0.340 e. The SMILES string of the molecule is CC[N+](CC)(CC)C1(C(=O)Nc2c(C)cc(Cl)cc2C(=O)OC)CC1. The van der Waals surface area contributed by atoms with Gasteiger partial charge in [0.2, 0.25) is 0 Å².